The van der Waals surface area contributed by atoms with Gasteiger partial charge in [0.2, 0.25) is 5.91 Å². The number of aromatic nitrogens is 2. The summed E-state index contributed by atoms with van der Waals surface area (Å²) >= 11 is 0. The molecular formula is C29H33N3O2. The quantitative estimate of drug-likeness (QED) is 0.293. The van der Waals surface area contributed by atoms with Crippen LogP contribution in [0.5, 0.6) is 5.75 Å². The van der Waals surface area contributed by atoms with Crippen molar-refractivity contribution < 1.29 is 9.53 Å². The number of carbonyl (C=O) groups excluding carboxylic acids is 1. The number of benzene rings is 3. The van der Waals surface area contributed by atoms with E-state index >= 15 is 0 Å². The molecule has 5 nitrogen and oxygen atoms in total. The van der Waals surface area contributed by atoms with Crippen LogP contribution in [0, 0.1) is 13.8 Å². The third-order valence-corrected chi connectivity index (χ3v) is 5.90. The summed E-state index contributed by atoms with van der Waals surface area (Å²) in [5.74, 6) is 1.87. The van der Waals surface area contributed by atoms with Crippen molar-refractivity contribution in [3.63, 3.8) is 0 Å². The van der Waals surface area contributed by atoms with Crippen LogP contribution in [0.1, 0.15) is 41.8 Å². The Bertz CT molecular complexity index is 1210. The molecule has 0 aliphatic rings. The van der Waals surface area contributed by atoms with Crippen LogP contribution in [-0.2, 0) is 24.3 Å². The molecule has 3 aromatic carbocycles. The second kappa shape index (κ2) is 11.5. The topological polar surface area (TPSA) is 56.1 Å². The largest absolute Gasteiger partial charge is 0.494 e. The van der Waals surface area contributed by atoms with Crippen LogP contribution in [0.2, 0.25) is 0 Å². The van der Waals surface area contributed by atoms with Gasteiger partial charge in [-0.15, -0.1) is 0 Å². The molecule has 0 radical (unpaired) electrons. The molecule has 0 atom stereocenters. The minimum absolute atomic E-state index is 0.0457. The van der Waals surface area contributed by atoms with Gasteiger partial charge in [0.25, 0.3) is 0 Å². The Labute approximate surface area is 201 Å². The van der Waals surface area contributed by atoms with Crippen molar-refractivity contribution in [2.75, 3.05) is 6.61 Å². The van der Waals surface area contributed by atoms with Gasteiger partial charge in [0.05, 0.1) is 24.2 Å². The molecule has 34 heavy (non-hydrogen) atoms. The molecule has 176 valence electrons. The maximum atomic E-state index is 12.4. The van der Waals surface area contributed by atoms with Crippen molar-refractivity contribution in [2.24, 2.45) is 0 Å². The van der Waals surface area contributed by atoms with Crippen LogP contribution >= 0.6 is 0 Å². The van der Waals surface area contributed by atoms with E-state index in [1.165, 1.54) is 16.7 Å². The molecule has 1 N–H and O–H groups in total. The zero-order valence-electron chi connectivity index (χ0n) is 20.1. The van der Waals surface area contributed by atoms with E-state index in [4.69, 9.17) is 9.72 Å². The lowest BCUT2D eigenvalue weighted by Crippen LogP contribution is -2.25. The minimum Gasteiger partial charge on any atom is -0.494 e. The van der Waals surface area contributed by atoms with Crippen molar-refractivity contribution >= 4 is 16.9 Å². The minimum atomic E-state index is 0.0457. The summed E-state index contributed by atoms with van der Waals surface area (Å²) in [5, 5.41) is 3.06. The SMILES string of the molecule is Cc1cc(C)cc(OCCCCn2c(CNC(=O)CCc3ccccc3)nc3ccccc32)c1. The second-order valence-corrected chi connectivity index (χ2v) is 8.81. The van der Waals surface area contributed by atoms with Crippen LogP contribution in [0.15, 0.2) is 72.8 Å². The first kappa shape index (κ1) is 23.6. The van der Waals surface area contributed by atoms with E-state index in [1.54, 1.807) is 0 Å². The van der Waals surface area contributed by atoms with Gasteiger partial charge in [-0.2, -0.15) is 0 Å². The normalized spacial score (nSPS) is 11.0. The molecular weight excluding hydrogens is 422 g/mol. The Balaban J connectivity index is 1.31. The number of para-hydroxylation sites is 2. The number of imidazole rings is 1. The lowest BCUT2D eigenvalue weighted by molar-refractivity contribution is -0.121. The molecule has 0 aliphatic carbocycles. The van der Waals surface area contributed by atoms with Crippen molar-refractivity contribution in [2.45, 2.75) is 52.6 Å². The van der Waals surface area contributed by atoms with E-state index in [-0.39, 0.29) is 5.91 Å². The lowest BCUT2D eigenvalue weighted by Gasteiger charge is -2.11. The Hall–Kier alpha value is -3.60. The van der Waals surface area contributed by atoms with Gasteiger partial charge in [-0.25, -0.2) is 4.98 Å². The molecule has 5 heteroatoms. The highest BCUT2D eigenvalue weighted by Gasteiger charge is 2.12. The van der Waals surface area contributed by atoms with E-state index < -0.39 is 0 Å². The maximum Gasteiger partial charge on any atom is 0.220 e. The highest BCUT2D eigenvalue weighted by Crippen LogP contribution is 2.19. The standard InChI is InChI=1S/C29H33N3O2/c1-22-18-23(2)20-25(19-22)34-17-9-8-16-32-27-13-7-6-12-26(27)31-28(32)21-30-29(33)15-14-24-10-4-3-5-11-24/h3-7,10-13,18-20H,8-9,14-17,21H2,1-2H3,(H,30,33). The smallest absolute Gasteiger partial charge is 0.220 e. The second-order valence-electron chi connectivity index (χ2n) is 8.81. The molecule has 0 fully saturated rings. The molecule has 4 rings (SSSR count). The summed E-state index contributed by atoms with van der Waals surface area (Å²) in [6.45, 7) is 6.13. The molecule has 0 aliphatic heterocycles. The van der Waals surface area contributed by atoms with Crippen molar-refractivity contribution in [3.8, 4) is 5.75 Å². The number of amides is 1. The summed E-state index contributed by atoms with van der Waals surface area (Å²) in [4.78, 5) is 17.2. The summed E-state index contributed by atoms with van der Waals surface area (Å²) in [6.07, 6.45) is 3.13. The van der Waals surface area contributed by atoms with Gasteiger partial charge < -0.3 is 14.6 Å². The average Bonchev–Trinajstić information content (AvgIpc) is 3.19. The van der Waals surface area contributed by atoms with Gasteiger partial charge in [-0.05, 0) is 74.1 Å². The summed E-state index contributed by atoms with van der Waals surface area (Å²) < 4.78 is 8.19. The zero-order valence-corrected chi connectivity index (χ0v) is 20.1. The third-order valence-electron chi connectivity index (χ3n) is 5.90. The number of fused-ring (bicyclic) bond motifs is 1. The number of hydrogen-bond acceptors (Lipinski definition) is 3. The van der Waals surface area contributed by atoms with Gasteiger partial charge in [-0.1, -0.05) is 48.5 Å². The van der Waals surface area contributed by atoms with E-state index in [0.717, 1.165) is 48.4 Å². The Morgan fingerprint density at radius 3 is 2.47 bits per heavy atom. The molecule has 0 saturated carbocycles. The highest BCUT2D eigenvalue weighted by molar-refractivity contribution is 5.77. The van der Waals surface area contributed by atoms with Crippen LogP contribution in [0.3, 0.4) is 0 Å². The van der Waals surface area contributed by atoms with E-state index in [2.05, 4.69) is 60.1 Å². The molecule has 1 aromatic heterocycles. The molecule has 1 heterocycles. The summed E-state index contributed by atoms with van der Waals surface area (Å²) in [6, 6.07) is 24.6. The molecule has 0 bridgehead atoms. The molecule has 1 amide bonds. The fraction of sp³-hybridized carbons (Fsp3) is 0.310. The number of rotatable bonds is 11. The third kappa shape index (κ3) is 6.47. The van der Waals surface area contributed by atoms with E-state index in [0.29, 0.717) is 19.6 Å². The van der Waals surface area contributed by atoms with E-state index in [1.807, 2.05) is 36.4 Å². The Kier molecular flexibility index (Phi) is 7.97. The predicted molar refractivity (Wildman–Crippen MR) is 137 cm³/mol. The van der Waals surface area contributed by atoms with Gasteiger partial charge in [0.1, 0.15) is 11.6 Å². The van der Waals surface area contributed by atoms with Crippen LogP contribution < -0.4 is 10.1 Å². The molecule has 0 unspecified atom stereocenters. The number of hydrogen-bond donors (Lipinski definition) is 1. The number of carbonyl (C=O) groups is 1. The molecule has 4 aromatic rings. The number of aryl methyl sites for hydroxylation is 4. The Morgan fingerprint density at radius 2 is 1.68 bits per heavy atom. The highest BCUT2D eigenvalue weighted by atomic mass is 16.5. The number of ether oxygens (including phenoxy) is 1. The van der Waals surface area contributed by atoms with Gasteiger partial charge in [0.15, 0.2) is 0 Å². The maximum absolute atomic E-state index is 12.4. The fourth-order valence-corrected chi connectivity index (χ4v) is 4.26. The monoisotopic (exact) mass is 455 g/mol. The first-order chi connectivity index (χ1) is 16.6. The van der Waals surface area contributed by atoms with Crippen molar-refractivity contribution in [3.05, 3.63) is 95.3 Å². The van der Waals surface area contributed by atoms with Crippen molar-refractivity contribution in [1.29, 1.82) is 0 Å². The first-order valence-electron chi connectivity index (χ1n) is 12.0. The fourth-order valence-electron chi connectivity index (χ4n) is 4.26. The van der Waals surface area contributed by atoms with Crippen LogP contribution in [0.25, 0.3) is 11.0 Å². The van der Waals surface area contributed by atoms with Crippen LogP contribution in [-0.4, -0.2) is 22.1 Å². The lowest BCUT2D eigenvalue weighted by atomic mass is 10.1. The molecule has 0 spiro atoms. The summed E-state index contributed by atoms with van der Waals surface area (Å²) in [7, 11) is 0. The summed E-state index contributed by atoms with van der Waals surface area (Å²) in [5.41, 5.74) is 5.67. The average molecular weight is 456 g/mol. The van der Waals surface area contributed by atoms with E-state index in [9.17, 15) is 4.79 Å². The Morgan fingerprint density at radius 1 is 0.941 bits per heavy atom. The van der Waals surface area contributed by atoms with Gasteiger partial charge in [0, 0.05) is 13.0 Å². The predicted octanol–water partition coefficient (Wildman–Crippen LogP) is 5.76. The zero-order chi connectivity index (χ0) is 23.8. The van der Waals surface area contributed by atoms with Gasteiger partial charge in [-0.3, -0.25) is 4.79 Å². The number of unbranched alkanes of at least 4 members (excludes halogenated alkanes) is 1. The number of nitrogens with one attached hydrogen (secondary N) is 1. The van der Waals surface area contributed by atoms with Crippen LogP contribution in [0.4, 0.5) is 0 Å². The van der Waals surface area contributed by atoms with Gasteiger partial charge >= 0.3 is 0 Å². The number of nitrogens with zero attached hydrogens (tertiary/aromatic N) is 2. The van der Waals surface area contributed by atoms with Crippen molar-refractivity contribution in [1.82, 2.24) is 14.9 Å². The first-order valence-corrected chi connectivity index (χ1v) is 12.0. The molecule has 0 saturated heterocycles.